The molecule has 1 aliphatic heterocycles. The van der Waals surface area contributed by atoms with E-state index in [0.29, 0.717) is 4.57 Å². The predicted molar refractivity (Wildman–Crippen MR) is 63.9 cm³/mol. The van der Waals surface area contributed by atoms with Gasteiger partial charge in [-0.3, -0.25) is 4.57 Å². The largest absolute Gasteiger partial charge is 0.394 e. The number of ether oxygens (including phenoxy) is 1. The first-order chi connectivity index (χ1) is 9.82. The summed E-state index contributed by atoms with van der Waals surface area (Å²) in [6.07, 6.45) is -5.23. The van der Waals surface area contributed by atoms with E-state index < -0.39 is 36.7 Å². The number of hydrogen-bond acceptors (Lipinski definition) is 5. The summed E-state index contributed by atoms with van der Waals surface area (Å²) >= 11 is 0. The highest BCUT2D eigenvalue weighted by molar-refractivity contribution is 5.58. The van der Waals surface area contributed by atoms with Crippen molar-refractivity contribution in [2.75, 3.05) is 12.3 Å². The number of halogens is 4. The van der Waals surface area contributed by atoms with Gasteiger partial charge >= 0.3 is 11.6 Å². The molecule has 0 bridgehead atoms. The molecule has 116 valence electrons. The molecule has 1 aromatic heterocycles. The molecule has 3 N–H and O–H groups in total. The van der Waals surface area contributed by atoms with Gasteiger partial charge in [-0.15, -0.1) is 0 Å². The van der Waals surface area contributed by atoms with Gasteiger partial charge in [-0.05, 0) is 6.08 Å². The minimum Gasteiger partial charge on any atom is -0.394 e. The van der Waals surface area contributed by atoms with Crippen molar-refractivity contribution in [1.29, 1.82) is 0 Å². The Balaban J connectivity index is 2.51. The standard InChI is InChI=1S/C11H11F4N3O3/c12-2-1-5-3-18(10(20)17-8(5)16)9-11(14,15)7(13)6(4-19)21-9/h1-3,6-7,9,19H,4H2,(H2,16,17,20)/b2-1-. The summed E-state index contributed by atoms with van der Waals surface area (Å²) in [5, 5.41) is 8.80. The van der Waals surface area contributed by atoms with Gasteiger partial charge in [0.05, 0.1) is 12.9 Å². The van der Waals surface area contributed by atoms with E-state index in [1.165, 1.54) is 0 Å². The summed E-state index contributed by atoms with van der Waals surface area (Å²) in [6, 6.07) is 0. The fourth-order valence-corrected chi connectivity index (χ4v) is 1.96. The number of hydrogen-bond donors (Lipinski definition) is 2. The Morgan fingerprint density at radius 1 is 1.57 bits per heavy atom. The second-order valence-corrected chi connectivity index (χ2v) is 4.35. The van der Waals surface area contributed by atoms with E-state index in [2.05, 4.69) is 9.72 Å². The van der Waals surface area contributed by atoms with Crippen molar-refractivity contribution in [2.45, 2.75) is 24.4 Å². The first kappa shape index (κ1) is 15.4. The number of rotatable bonds is 3. The van der Waals surface area contributed by atoms with Crippen LogP contribution in [0.5, 0.6) is 0 Å². The first-order valence-electron chi connectivity index (χ1n) is 5.76. The lowest BCUT2D eigenvalue weighted by atomic mass is 10.1. The number of nitrogen functional groups attached to an aromatic ring is 1. The van der Waals surface area contributed by atoms with Gasteiger partial charge in [-0.1, -0.05) is 0 Å². The Morgan fingerprint density at radius 3 is 2.76 bits per heavy atom. The topological polar surface area (TPSA) is 90.4 Å². The highest BCUT2D eigenvalue weighted by Gasteiger charge is 2.60. The van der Waals surface area contributed by atoms with Crippen LogP contribution >= 0.6 is 0 Å². The molecule has 1 fully saturated rings. The van der Waals surface area contributed by atoms with Crippen LogP contribution < -0.4 is 11.4 Å². The van der Waals surface area contributed by atoms with E-state index >= 15 is 0 Å². The average molecular weight is 309 g/mol. The van der Waals surface area contributed by atoms with Gasteiger partial charge in [-0.2, -0.15) is 13.8 Å². The molecular formula is C11H11F4N3O3. The quantitative estimate of drug-likeness (QED) is 0.799. The lowest BCUT2D eigenvalue weighted by molar-refractivity contribution is -0.130. The normalized spacial score (nSPS) is 28.3. The van der Waals surface area contributed by atoms with Gasteiger partial charge in [0.15, 0.2) is 6.17 Å². The first-order valence-corrected chi connectivity index (χ1v) is 5.76. The Kier molecular flexibility index (Phi) is 4.01. The Hall–Kier alpha value is -1.94. The maximum Gasteiger partial charge on any atom is 0.351 e. The van der Waals surface area contributed by atoms with Crippen LogP contribution in [0.15, 0.2) is 17.3 Å². The highest BCUT2D eigenvalue weighted by atomic mass is 19.3. The van der Waals surface area contributed by atoms with Gasteiger partial charge in [0, 0.05) is 11.8 Å². The third-order valence-corrected chi connectivity index (χ3v) is 3.01. The Labute approximate surface area is 115 Å². The molecular weight excluding hydrogens is 298 g/mol. The van der Waals surface area contributed by atoms with Crippen LogP contribution in [0.1, 0.15) is 11.8 Å². The van der Waals surface area contributed by atoms with Crippen molar-refractivity contribution in [3.63, 3.8) is 0 Å². The van der Waals surface area contributed by atoms with Crippen LogP contribution in [0.3, 0.4) is 0 Å². The summed E-state index contributed by atoms with van der Waals surface area (Å²) in [5.41, 5.74) is 3.98. The van der Waals surface area contributed by atoms with Crippen LogP contribution in [0, 0.1) is 0 Å². The molecule has 1 aliphatic rings. The predicted octanol–water partition coefficient (Wildman–Crippen LogP) is 0.629. The van der Waals surface area contributed by atoms with E-state index in [-0.39, 0.29) is 17.7 Å². The summed E-state index contributed by atoms with van der Waals surface area (Å²) in [4.78, 5) is 14.9. The third kappa shape index (κ3) is 2.51. The van der Waals surface area contributed by atoms with Gasteiger partial charge < -0.3 is 15.6 Å². The molecule has 6 nitrogen and oxygen atoms in total. The maximum atomic E-state index is 13.8. The average Bonchev–Trinajstić information content (AvgIpc) is 2.65. The van der Waals surface area contributed by atoms with Gasteiger partial charge in [0.1, 0.15) is 11.9 Å². The number of anilines is 1. The molecule has 1 saturated heterocycles. The zero-order valence-corrected chi connectivity index (χ0v) is 10.4. The number of aliphatic hydroxyl groups excluding tert-OH is 1. The van der Waals surface area contributed by atoms with Gasteiger partial charge in [0.25, 0.3) is 0 Å². The molecule has 21 heavy (non-hydrogen) atoms. The zero-order valence-electron chi connectivity index (χ0n) is 10.4. The molecule has 3 atom stereocenters. The van der Waals surface area contributed by atoms with Crippen molar-refractivity contribution < 1.29 is 27.4 Å². The molecule has 2 heterocycles. The molecule has 0 aliphatic carbocycles. The van der Waals surface area contributed by atoms with Crippen LogP contribution in [0.2, 0.25) is 0 Å². The van der Waals surface area contributed by atoms with E-state index in [9.17, 15) is 22.4 Å². The van der Waals surface area contributed by atoms with E-state index in [0.717, 1.165) is 12.3 Å². The van der Waals surface area contributed by atoms with Crippen LogP contribution in [-0.4, -0.2) is 39.5 Å². The maximum absolute atomic E-state index is 13.8. The second-order valence-electron chi connectivity index (χ2n) is 4.35. The van der Waals surface area contributed by atoms with Gasteiger partial charge in [0.2, 0.25) is 6.23 Å². The number of nitrogens with two attached hydrogens (primary N) is 1. The minimum atomic E-state index is -4.06. The molecule has 2 rings (SSSR count). The number of aromatic nitrogens is 2. The summed E-state index contributed by atoms with van der Waals surface area (Å²) in [7, 11) is 0. The second kappa shape index (κ2) is 5.45. The molecule has 0 spiro atoms. The number of alkyl halides is 3. The van der Waals surface area contributed by atoms with E-state index in [1.807, 2.05) is 0 Å². The van der Waals surface area contributed by atoms with Crippen LogP contribution in [-0.2, 0) is 4.74 Å². The lowest BCUT2D eigenvalue weighted by Gasteiger charge is -2.20. The summed E-state index contributed by atoms with van der Waals surface area (Å²) in [6.45, 7) is -0.984. The minimum absolute atomic E-state index is 0.0737. The third-order valence-electron chi connectivity index (χ3n) is 3.01. The number of nitrogens with zero attached hydrogens (tertiary/aromatic N) is 2. The summed E-state index contributed by atoms with van der Waals surface area (Å²) in [5.74, 6) is -4.44. The molecule has 0 aromatic carbocycles. The highest BCUT2D eigenvalue weighted by Crippen LogP contribution is 2.43. The molecule has 0 radical (unpaired) electrons. The number of aliphatic hydroxyl groups is 1. The monoisotopic (exact) mass is 309 g/mol. The SMILES string of the molecule is Nc1nc(=O)n(C2OC(CO)C(F)C2(F)F)cc1/C=C\F. The smallest absolute Gasteiger partial charge is 0.351 e. The zero-order chi connectivity index (χ0) is 15.8. The van der Waals surface area contributed by atoms with Crippen molar-refractivity contribution in [3.05, 3.63) is 28.6 Å². The molecule has 0 saturated carbocycles. The van der Waals surface area contributed by atoms with E-state index in [1.54, 1.807) is 0 Å². The van der Waals surface area contributed by atoms with Gasteiger partial charge in [-0.25, -0.2) is 13.6 Å². The van der Waals surface area contributed by atoms with Crippen LogP contribution in [0.25, 0.3) is 6.08 Å². The molecule has 1 aromatic rings. The molecule has 0 amide bonds. The fourth-order valence-electron chi connectivity index (χ4n) is 1.96. The van der Waals surface area contributed by atoms with Crippen molar-refractivity contribution >= 4 is 11.9 Å². The Bertz CT molecular complexity index is 619. The lowest BCUT2D eigenvalue weighted by Crippen LogP contribution is -2.40. The molecule has 3 unspecified atom stereocenters. The van der Waals surface area contributed by atoms with Crippen molar-refractivity contribution in [3.8, 4) is 0 Å². The molecule has 10 heteroatoms. The fraction of sp³-hybridized carbons (Fsp3) is 0.455. The summed E-state index contributed by atoms with van der Waals surface area (Å²) < 4.78 is 58.3. The van der Waals surface area contributed by atoms with Crippen LogP contribution in [0.4, 0.5) is 23.4 Å². The van der Waals surface area contributed by atoms with Crippen molar-refractivity contribution in [2.24, 2.45) is 0 Å². The van der Waals surface area contributed by atoms with E-state index in [4.69, 9.17) is 10.8 Å². The Morgan fingerprint density at radius 2 is 2.24 bits per heavy atom. The van der Waals surface area contributed by atoms with Crippen molar-refractivity contribution in [1.82, 2.24) is 9.55 Å².